The average Bonchev–Trinajstić information content (AvgIpc) is 2.39. The maximum absolute atomic E-state index is 11.1. The summed E-state index contributed by atoms with van der Waals surface area (Å²) in [4.78, 5) is 21.7. The number of nitrogens with zero attached hydrogens (tertiary/aromatic N) is 3. The Hall–Kier alpha value is -1.56. The Balaban J connectivity index is 0.00000200. The molecule has 1 fully saturated rings. The molecule has 1 aliphatic carbocycles. The van der Waals surface area contributed by atoms with Crippen LogP contribution < -0.4 is 16.0 Å². The van der Waals surface area contributed by atoms with Crippen molar-refractivity contribution in [1.82, 2.24) is 9.97 Å². The van der Waals surface area contributed by atoms with Crippen LogP contribution in [0.5, 0.6) is 0 Å². The molecule has 2 rings (SSSR count). The number of hydrogen-bond acceptors (Lipinski definition) is 5. The molecule has 0 aromatic carbocycles. The Morgan fingerprint density at radius 3 is 2.55 bits per heavy atom. The van der Waals surface area contributed by atoms with Crippen molar-refractivity contribution in [3.63, 3.8) is 0 Å². The molecule has 0 spiro atoms. The molecule has 1 aromatic rings. The summed E-state index contributed by atoms with van der Waals surface area (Å²) < 4.78 is 0. The minimum Gasteiger partial charge on any atom is -0.369 e. The van der Waals surface area contributed by atoms with Crippen LogP contribution in [0.3, 0.4) is 0 Å². The third-order valence-electron chi connectivity index (χ3n) is 3.56. The molecule has 1 saturated carbocycles. The van der Waals surface area contributed by atoms with Crippen LogP contribution in [0.1, 0.15) is 25.7 Å². The van der Waals surface area contributed by atoms with Gasteiger partial charge in [0, 0.05) is 32.3 Å². The Morgan fingerprint density at radius 2 is 2.00 bits per heavy atom. The SMILES string of the molecule is CN(C)c1ccnc(NC2CCC(C(N)=O)CC2)n1.Cl. The van der Waals surface area contributed by atoms with E-state index < -0.39 is 0 Å². The molecule has 0 aliphatic heterocycles. The zero-order valence-corrected chi connectivity index (χ0v) is 12.7. The van der Waals surface area contributed by atoms with Crippen LogP contribution in [0, 0.1) is 5.92 Å². The summed E-state index contributed by atoms with van der Waals surface area (Å²) in [6.07, 6.45) is 5.31. The molecule has 112 valence electrons. The molecule has 1 aliphatic rings. The van der Waals surface area contributed by atoms with E-state index in [1.807, 2.05) is 25.1 Å². The molecule has 3 N–H and O–H groups in total. The highest BCUT2D eigenvalue weighted by Gasteiger charge is 2.24. The predicted molar refractivity (Wildman–Crippen MR) is 82.2 cm³/mol. The minimum absolute atomic E-state index is 0. The van der Waals surface area contributed by atoms with Crippen molar-refractivity contribution in [3.8, 4) is 0 Å². The molecule has 7 heteroatoms. The van der Waals surface area contributed by atoms with Crippen molar-refractivity contribution < 1.29 is 4.79 Å². The second-order valence-corrected chi connectivity index (χ2v) is 5.23. The van der Waals surface area contributed by atoms with E-state index in [0.717, 1.165) is 31.5 Å². The number of carbonyl (C=O) groups is 1. The molecule has 0 bridgehead atoms. The first-order valence-electron chi connectivity index (χ1n) is 6.62. The second kappa shape index (κ2) is 7.28. The van der Waals surface area contributed by atoms with Crippen molar-refractivity contribution >= 4 is 30.1 Å². The fourth-order valence-electron chi connectivity index (χ4n) is 2.37. The van der Waals surface area contributed by atoms with Crippen molar-refractivity contribution in [3.05, 3.63) is 12.3 Å². The Kier molecular flexibility index (Phi) is 6.01. The van der Waals surface area contributed by atoms with Crippen LogP contribution >= 0.6 is 12.4 Å². The van der Waals surface area contributed by atoms with E-state index in [0.29, 0.717) is 12.0 Å². The van der Waals surface area contributed by atoms with Crippen molar-refractivity contribution in [2.75, 3.05) is 24.3 Å². The van der Waals surface area contributed by atoms with E-state index in [9.17, 15) is 4.79 Å². The van der Waals surface area contributed by atoms with Crippen LogP contribution in [0.4, 0.5) is 11.8 Å². The normalized spacial score (nSPS) is 21.7. The number of nitrogens with one attached hydrogen (secondary N) is 1. The van der Waals surface area contributed by atoms with Crippen LogP contribution in [-0.2, 0) is 4.79 Å². The first-order chi connectivity index (χ1) is 9.06. The highest BCUT2D eigenvalue weighted by molar-refractivity contribution is 5.85. The number of hydrogen-bond donors (Lipinski definition) is 2. The fourth-order valence-corrected chi connectivity index (χ4v) is 2.37. The molecule has 0 unspecified atom stereocenters. The van der Waals surface area contributed by atoms with Gasteiger partial charge in [0.2, 0.25) is 11.9 Å². The summed E-state index contributed by atoms with van der Waals surface area (Å²) in [5, 5.41) is 3.33. The number of anilines is 2. The van der Waals surface area contributed by atoms with Gasteiger partial charge in [0.25, 0.3) is 0 Å². The van der Waals surface area contributed by atoms with Crippen LogP contribution in [-0.4, -0.2) is 36.0 Å². The maximum Gasteiger partial charge on any atom is 0.224 e. The lowest BCUT2D eigenvalue weighted by Crippen LogP contribution is -2.32. The summed E-state index contributed by atoms with van der Waals surface area (Å²) in [6.45, 7) is 0. The number of rotatable bonds is 4. The lowest BCUT2D eigenvalue weighted by atomic mass is 9.86. The third-order valence-corrected chi connectivity index (χ3v) is 3.56. The zero-order chi connectivity index (χ0) is 13.8. The second-order valence-electron chi connectivity index (χ2n) is 5.23. The Morgan fingerprint density at radius 1 is 1.35 bits per heavy atom. The van der Waals surface area contributed by atoms with E-state index in [1.165, 1.54) is 0 Å². The maximum atomic E-state index is 11.1. The van der Waals surface area contributed by atoms with Gasteiger partial charge in [0.1, 0.15) is 5.82 Å². The first kappa shape index (κ1) is 16.5. The molecule has 1 aromatic heterocycles. The largest absolute Gasteiger partial charge is 0.369 e. The molecule has 0 atom stereocenters. The molecule has 6 nitrogen and oxygen atoms in total. The number of carbonyl (C=O) groups excluding carboxylic acids is 1. The van der Waals surface area contributed by atoms with Gasteiger partial charge in [-0.1, -0.05) is 0 Å². The Bertz CT molecular complexity index is 446. The van der Waals surface area contributed by atoms with Gasteiger partial charge in [-0.05, 0) is 31.7 Å². The van der Waals surface area contributed by atoms with Gasteiger partial charge in [-0.15, -0.1) is 12.4 Å². The van der Waals surface area contributed by atoms with Gasteiger partial charge in [-0.2, -0.15) is 4.98 Å². The highest BCUT2D eigenvalue weighted by atomic mass is 35.5. The number of primary amides is 1. The summed E-state index contributed by atoms with van der Waals surface area (Å²) in [5.74, 6) is 1.38. The third kappa shape index (κ3) is 4.23. The predicted octanol–water partition coefficient (Wildman–Crippen LogP) is 1.42. The van der Waals surface area contributed by atoms with Gasteiger partial charge in [-0.3, -0.25) is 4.79 Å². The molecule has 1 amide bonds. The van der Waals surface area contributed by atoms with E-state index in [-0.39, 0.29) is 24.2 Å². The number of halogens is 1. The van der Waals surface area contributed by atoms with Crippen LogP contribution in [0.15, 0.2) is 12.3 Å². The standard InChI is InChI=1S/C13H21N5O.ClH/c1-18(2)11-7-8-15-13(17-11)16-10-5-3-9(4-6-10)12(14)19;/h7-10H,3-6H2,1-2H3,(H2,14,19)(H,15,16,17);1H. The average molecular weight is 300 g/mol. The summed E-state index contributed by atoms with van der Waals surface area (Å²) in [5.41, 5.74) is 5.33. The molecule has 0 saturated heterocycles. The van der Waals surface area contributed by atoms with Crippen molar-refractivity contribution in [2.45, 2.75) is 31.7 Å². The van der Waals surface area contributed by atoms with Crippen LogP contribution in [0.2, 0.25) is 0 Å². The topological polar surface area (TPSA) is 84.1 Å². The highest BCUT2D eigenvalue weighted by Crippen LogP contribution is 2.25. The molecular formula is C13H22ClN5O. The Labute approximate surface area is 125 Å². The smallest absolute Gasteiger partial charge is 0.224 e. The lowest BCUT2D eigenvalue weighted by Gasteiger charge is -2.27. The van der Waals surface area contributed by atoms with Gasteiger partial charge in [0.05, 0.1) is 0 Å². The number of aromatic nitrogens is 2. The monoisotopic (exact) mass is 299 g/mol. The molecule has 0 radical (unpaired) electrons. The summed E-state index contributed by atoms with van der Waals surface area (Å²) >= 11 is 0. The van der Waals surface area contributed by atoms with Gasteiger partial charge in [0.15, 0.2) is 0 Å². The minimum atomic E-state index is -0.177. The van der Waals surface area contributed by atoms with Crippen molar-refractivity contribution in [1.29, 1.82) is 0 Å². The van der Waals surface area contributed by atoms with E-state index in [4.69, 9.17) is 5.73 Å². The summed E-state index contributed by atoms with van der Waals surface area (Å²) in [6, 6.07) is 2.20. The van der Waals surface area contributed by atoms with Gasteiger partial charge in [-0.25, -0.2) is 4.98 Å². The quantitative estimate of drug-likeness (QED) is 0.878. The molecular weight excluding hydrogens is 278 g/mol. The zero-order valence-electron chi connectivity index (χ0n) is 11.9. The van der Waals surface area contributed by atoms with Crippen LogP contribution in [0.25, 0.3) is 0 Å². The lowest BCUT2D eigenvalue weighted by molar-refractivity contribution is -0.122. The van der Waals surface area contributed by atoms with E-state index >= 15 is 0 Å². The van der Waals surface area contributed by atoms with Gasteiger partial charge < -0.3 is 16.0 Å². The molecule has 1 heterocycles. The summed E-state index contributed by atoms with van der Waals surface area (Å²) in [7, 11) is 3.90. The van der Waals surface area contributed by atoms with Crippen molar-refractivity contribution in [2.24, 2.45) is 11.7 Å². The fraction of sp³-hybridized carbons (Fsp3) is 0.615. The molecule has 20 heavy (non-hydrogen) atoms. The van der Waals surface area contributed by atoms with E-state index in [2.05, 4.69) is 15.3 Å². The van der Waals surface area contributed by atoms with Gasteiger partial charge >= 0.3 is 0 Å². The first-order valence-corrected chi connectivity index (χ1v) is 6.62. The number of amides is 1. The number of nitrogens with two attached hydrogens (primary N) is 1. The van der Waals surface area contributed by atoms with E-state index in [1.54, 1.807) is 6.20 Å².